The van der Waals surface area contributed by atoms with Crippen LogP contribution in [0.1, 0.15) is 25.0 Å². The van der Waals surface area contributed by atoms with E-state index < -0.39 is 11.7 Å². The summed E-state index contributed by atoms with van der Waals surface area (Å²) in [5.41, 5.74) is 0.120. The van der Waals surface area contributed by atoms with Crippen LogP contribution in [0.3, 0.4) is 0 Å². The van der Waals surface area contributed by atoms with Gasteiger partial charge in [0.1, 0.15) is 0 Å². The normalized spacial score (nSPS) is 11.9. The summed E-state index contributed by atoms with van der Waals surface area (Å²) in [4.78, 5) is 1.89. The highest BCUT2D eigenvalue weighted by Gasteiger charge is 2.29. The Balaban J connectivity index is 2.77. The molecule has 1 aromatic rings. The molecule has 0 radical (unpaired) electrons. The van der Waals surface area contributed by atoms with Gasteiger partial charge in [0.05, 0.1) is 18.2 Å². The summed E-state index contributed by atoms with van der Waals surface area (Å²) in [5, 5.41) is 8.67. The first-order chi connectivity index (χ1) is 8.34. The van der Waals surface area contributed by atoms with Crippen molar-refractivity contribution < 1.29 is 13.2 Å². The Morgan fingerprint density at radius 1 is 1.22 bits per heavy atom. The van der Waals surface area contributed by atoms with E-state index in [4.69, 9.17) is 5.26 Å². The molecule has 1 aromatic carbocycles. The number of nitriles is 1. The number of alkyl halides is 3. The Morgan fingerprint density at radius 3 is 2.17 bits per heavy atom. The van der Waals surface area contributed by atoms with Crippen molar-refractivity contribution in [1.82, 2.24) is 4.90 Å². The highest BCUT2D eigenvalue weighted by molar-refractivity contribution is 5.24. The predicted molar refractivity (Wildman–Crippen MR) is 62.6 cm³/mol. The summed E-state index contributed by atoms with van der Waals surface area (Å²) in [5.74, 6) is 0. The van der Waals surface area contributed by atoms with Gasteiger partial charge < -0.3 is 0 Å². The first kappa shape index (κ1) is 14.5. The molecule has 0 heterocycles. The predicted octanol–water partition coefficient (Wildman–Crippen LogP) is 3.44. The third kappa shape index (κ3) is 4.04. The van der Waals surface area contributed by atoms with E-state index in [1.807, 2.05) is 18.7 Å². The van der Waals surface area contributed by atoms with Crippen molar-refractivity contribution in [2.24, 2.45) is 0 Å². The summed E-state index contributed by atoms with van der Waals surface area (Å²) < 4.78 is 37.1. The molecule has 98 valence electrons. The van der Waals surface area contributed by atoms with E-state index in [1.54, 1.807) is 0 Å². The smallest absolute Gasteiger partial charge is 0.284 e. The van der Waals surface area contributed by atoms with Crippen molar-refractivity contribution in [3.63, 3.8) is 0 Å². The lowest BCUT2D eigenvalue weighted by molar-refractivity contribution is -0.137. The van der Waals surface area contributed by atoms with Gasteiger partial charge in [-0.3, -0.25) is 4.90 Å². The lowest BCUT2D eigenvalue weighted by atomic mass is 10.1. The number of nitrogens with zero attached hydrogens (tertiary/aromatic N) is 2. The summed E-state index contributed by atoms with van der Waals surface area (Å²) >= 11 is 0. The number of rotatable bonds is 4. The lowest BCUT2D eigenvalue weighted by Crippen LogP contribution is -2.30. The molecule has 0 fully saturated rings. The molecule has 0 atom stereocenters. The maximum Gasteiger partial charge on any atom is 0.416 e. The third-order valence-electron chi connectivity index (χ3n) is 2.67. The van der Waals surface area contributed by atoms with Crippen molar-refractivity contribution in [3.05, 3.63) is 35.4 Å². The Hall–Kier alpha value is -1.54. The Bertz CT molecular complexity index is 415. The standard InChI is InChI=1S/C13H15F3N2/c1-10(2)18(8-7-17)9-11-3-5-12(6-4-11)13(14,15)16/h3-6,10H,8-9H2,1-2H3. The first-order valence-electron chi connectivity index (χ1n) is 5.61. The summed E-state index contributed by atoms with van der Waals surface area (Å²) in [7, 11) is 0. The van der Waals surface area contributed by atoms with Crippen LogP contribution in [0.25, 0.3) is 0 Å². The van der Waals surface area contributed by atoms with Crippen LogP contribution in [-0.4, -0.2) is 17.5 Å². The number of hydrogen-bond donors (Lipinski definition) is 0. The fraction of sp³-hybridized carbons (Fsp3) is 0.462. The van der Waals surface area contributed by atoms with E-state index in [1.165, 1.54) is 12.1 Å². The average Bonchev–Trinajstić information content (AvgIpc) is 2.28. The highest BCUT2D eigenvalue weighted by Crippen LogP contribution is 2.29. The van der Waals surface area contributed by atoms with Crippen molar-refractivity contribution in [2.75, 3.05) is 6.54 Å². The van der Waals surface area contributed by atoms with Gasteiger partial charge in [0, 0.05) is 12.6 Å². The van der Waals surface area contributed by atoms with Gasteiger partial charge in [0.15, 0.2) is 0 Å². The fourth-order valence-electron chi connectivity index (χ4n) is 1.55. The van der Waals surface area contributed by atoms with E-state index >= 15 is 0 Å². The Kier molecular flexibility index (Phi) is 4.74. The minimum absolute atomic E-state index is 0.173. The molecule has 0 saturated carbocycles. The quantitative estimate of drug-likeness (QED) is 0.771. The number of benzene rings is 1. The van der Waals surface area contributed by atoms with Crippen LogP contribution in [0.4, 0.5) is 13.2 Å². The van der Waals surface area contributed by atoms with E-state index in [9.17, 15) is 13.2 Å². The molecule has 0 N–H and O–H groups in total. The molecule has 0 aliphatic heterocycles. The molecule has 18 heavy (non-hydrogen) atoms. The van der Waals surface area contributed by atoms with E-state index in [2.05, 4.69) is 6.07 Å². The maximum absolute atomic E-state index is 12.4. The second-order valence-corrected chi connectivity index (χ2v) is 4.35. The second-order valence-electron chi connectivity index (χ2n) is 4.35. The monoisotopic (exact) mass is 256 g/mol. The largest absolute Gasteiger partial charge is 0.416 e. The van der Waals surface area contributed by atoms with Gasteiger partial charge in [0.25, 0.3) is 0 Å². The first-order valence-corrected chi connectivity index (χ1v) is 5.61. The third-order valence-corrected chi connectivity index (χ3v) is 2.67. The summed E-state index contributed by atoms with van der Waals surface area (Å²) in [6.07, 6.45) is -4.30. The molecule has 0 aromatic heterocycles. The van der Waals surface area contributed by atoms with E-state index in [-0.39, 0.29) is 12.6 Å². The zero-order valence-corrected chi connectivity index (χ0v) is 10.3. The molecule has 0 aliphatic rings. The van der Waals surface area contributed by atoms with Gasteiger partial charge in [-0.1, -0.05) is 12.1 Å². The minimum atomic E-state index is -4.30. The SMILES string of the molecule is CC(C)N(CC#N)Cc1ccc(C(F)(F)F)cc1. The average molecular weight is 256 g/mol. The van der Waals surface area contributed by atoms with Crippen LogP contribution in [0.2, 0.25) is 0 Å². The van der Waals surface area contributed by atoms with Crippen molar-refractivity contribution in [3.8, 4) is 6.07 Å². The second kappa shape index (κ2) is 5.87. The molecule has 0 amide bonds. The van der Waals surface area contributed by atoms with E-state index in [0.29, 0.717) is 6.54 Å². The van der Waals surface area contributed by atoms with Gasteiger partial charge in [0.2, 0.25) is 0 Å². The lowest BCUT2D eigenvalue weighted by Gasteiger charge is -2.23. The van der Waals surface area contributed by atoms with Crippen molar-refractivity contribution in [2.45, 2.75) is 32.6 Å². The van der Waals surface area contributed by atoms with Crippen molar-refractivity contribution in [1.29, 1.82) is 5.26 Å². The zero-order chi connectivity index (χ0) is 13.8. The molecule has 5 heteroatoms. The fourth-order valence-corrected chi connectivity index (χ4v) is 1.55. The molecule has 0 saturated heterocycles. The summed E-state index contributed by atoms with van der Waals surface area (Å²) in [6.45, 7) is 4.63. The van der Waals surface area contributed by atoms with Gasteiger partial charge in [-0.25, -0.2) is 0 Å². The van der Waals surface area contributed by atoms with Gasteiger partial charge >= 0.3 is 6.18 Å². The van der Waals surface area contributed by atoms with E-state index in [0.717, 1.165) is 17.7 Å². The van der Waals surface area contributed by atoms with Crippen LogP contribution in [0, 0.1) is 11.3 Å². The molecular formula is C13H15F3N2. The topological polar surface area (TPSA) is 27.0 Å². The molecule has 0 spiro atoms. The minimum Gasteiger partial charge on any atom is -0.284 e. The van der Waals surface area contributed by atoms with Crippen LogP contribution in [-0.2, 0) is 12.7 Å². The Labute approximate surface area is 105 Å². The van der Waals surface area contributed by atoms with Crippen LogP contribution in [0.5, 0.6) is 0 Å². The Morgan fingerprint density at radius 2 is 1.78 bits per heavy atom. The van der Waals surface area contributed by atoms with Crippen molar-refractivity contribution >= 4 is 0 Å². The highest BCUT2D eigenvalue weighted by atomic mass is 19.4. The molecule has 1 rings (SSSR count). The molecule has 2 nitrogen and oxygen atoms in total. The van der Waals surface area contributed by atoms with Crippen LogP contribution >= 0.6 is 0 Å². The van der Waals surface area contributed by atoms with Gasteiger partial charge in [-0.05, 0) is 31.5 Å². The maximum atomic E-state index is 12.4. The van der Waals surface area contributed by atoms with Crippen LogP contribution in [0.15, 0.2) is 24.3 Å². The van der Waals surface area contributed by atoms with Gasteiger partial charge in [-0.2, -0.15) is 18.4 Å². The number of halogens is 3. The molecular weight excluding hydrogens is 241 g/mol. The molecule has 0 unspecified atom stereocenters. The molecule has 0 aliphatic carbocycles. The van der Waals surface area contributed by atoms with Gasteiger partial charge in [-0.15, -0.1) is 0 Å². The molecule has 0 bridgehead atoms. The zero-order valence-electron chi connectivity index (χ0n) is 10.3. The summed E-state index contributed by atoms with van der Waals surface area (Å²) in [6, 6.07) is 7.27. The number of hydrogen-bond acceptors (Lipinski definition) is 2. The van der Waals surface area contributed by atoms with Crippen LogP contribution < -0.4 is 0 Å².